The summed E-state index contributed by atoms with van der Waals surface area (Å²) in [7, 11) is 0. The first-order valence-corrected chi connectivity index (χ1v) is 6.70. The number of nitro benzene ring substituents is 1. The van der Waals surface area contributed by atoms with E-state index in [1.165, 1.54) is 25.1 Å². The Hall–Kier alpha value is -2.57. The number of nitrogens with zero attached hydrogens (tertiary/aromatic N) is 1. The summed E-state index contributed by atoms with van der Waals surface area (Å²) in [5, 5.41) is 11.0. The van der Waals surface area contributed by atoms with E-state index in [9.17, 15) is 24.5 Å². The molecule has 0 aliphatic rings. The number of ketones is 3. The van der Waals surface area contributed by atoms with E-state index in [2.05, 4.69) is 0 Å². The number of carbonyl (C=O) groups is 3. The van der Waals surface area contributed by atoms with Crippen LogP contribution in [0, 0.1) is 10.1 Å². The van der Waals surface area contributed by atoms with Gasteiger partial charge in [0.2, 0.25) is 0 Å². The van der Waals surface area contributed by atoms with E-state index in [-0.39, 0.29) is 23.9 Å². The number of ether oxygens (including phenoxy) is 1. The molecule has 0 aliphatic heterocycles. The molecule has 0 amide bonds. The summed E-state index contributed by atoms with van der Waals surface area (Å²) < 4.78 is 5.40. The normalized spacial score (nSPS) is 10.4. The van der Waals surface area contributed by atoms with Crippen molar-refractivity contribution in [2.75, 3.05) is 0 Å². The van der Waals surface area contributed by atoms with Gasteiger partial charge in [-0.3, -0.25) is 24.5 Å². The predicted octanol–water partition coefficient (Wildman–Crippen LogP) is 2.50. The van der Waals surface area contributed by atoms with Crippen LogP contribution in [0.2, 0.25) is 0 Å². The summed E-state index contributed by atoms with van der Waals surface area (Å²) in [5.74, 6) is -1.32. The van der Waals surface area contributed by atoms with Crippen LogP contribution in [-0.2, 0) is 9.59 Å². The third kappa shape index (κ3) is 5.08. The maximum absolute atomic E-state index is 12.1. The molecule has 118 valence electrons. The zero-order valence-corrected chi connectivity index (χ0v) is 12.6. The van der Waals surface area contributed by atoms with Gasteiger partial charge in [-0.1, -0.05) is 0 Å². The Balaban J connectivity index is 3.07. The molecule has 0 saturated carbocycles. The van der Waals surface area contributed by atoms with Gasteiger partial charge in [0.25, 0.3) is 5.69 Å². The van der Waals surface area contributed by atoms with E-state index >= 15 is 0 Å². The molecule has 22 heavy (non-hydrogen) atoms. The van der Waals surface area contributed by atoms with Crippen molar-refractivity contribution in [3.63, 3.8) is 0 Å². The maximum atomic E-state index is 12.1. The van der Waals surface area contributed by atoms with Crippen LogP contribution in [0.25, 0.3) is 0 Å². The van der Waals surface area contributed by atoms with Gasteiger partial charge in [0.05, 0.1) is 29.4 Å². The number of hydrogen-bond donors (Lipinski definition) is 0. The van der Waals surface area contributed by atoms with Gasteiger partial charge in [0.15, 0.2) is 5.78 Å². The second kappa shape index (κ2) is 7.44. The lowest BCUT2D eigenvalue weighted by atomic mass is 10.0. The van der Waals surface area contributed by atoms with E-state index in [0.717, 1.165) is 0 Å². The Morgan fingerprint density at radius 2 is 1.86 bits per heavy atom. The van der Waals surface area contributed by atoms with Crippen LogP contribution >= 0.6 is 0 Å². The highest BCUT2D eigenvalue weighted by Crippen LogP contribution is 2.26. The molecular formula is C15H17NO6. The molecule has 1 aromatic rings. The molecule has 0 fully saturated rings. The smallest absolute Gasteiger partial charge is 0.280 e. The Labute approximate surface area is 127 Å². The lowest BCUT2D eigenvalue weighted by Gasteiger charge is -2.10. The second-order valence-electron chi connectivity index (χ2n) is 5.12. The van der Waals surface area contributed by atoms with Gasteiger partial charge in [0, 0.05) is 6.07 Å². The molecule has 1 aromatic carbocycles. The van der Waals surface area contributed by atoms with Crippen LogP contribution in [0.3, 0.4) is 0 Å². The Morgan fingerprint density at radius 1 is 1.23 bits per heavy atom. The van der Waals surface area contributed by atoms with Crippen molar-refractivity contribution >= 4 is 23.0 Å². The molecule has 0 unspecified atom stereocenters. The molecule has 0 bridgehead atoms. The fourth-order valence-electron chi connectivity index (χ4n) is 1.86. The number of hydrogen-bond acceptors (Lipinski definition) is 6. The molecule has 0 radical (unpaired) electrons. The molecule has 0 N–H and O–H groups in total. The van der Waals surface area contributed by atoms with Crippen molar-refractivity contribution in [1.29, 1.82) is 0 Å². The maximum Gasteiger partial charge on any atom is 0.280 e. The number of benzene rings is 1. The fraction of sp³-hybridized carbons (Fsp3) is 0.400. The Bertz CT molecular complexity index is 620. The summed E-state index contributed by atoms with van der Waals surface area (Å²) in [4.78, 5) is 44.8. The van der Waals surface area contributed by atoms with Gasteiger partial charge in [-0.15, -0.1) is 0 Å². The lowest BCUT2D eigenvalue weighted by Crippen LogP contribution is -2.13. The molecule has 7 heteroatoms. The monoisotopic (exact) mass is 307 g/mol. The third-order valence-electron chi connectivity index (χ3n) is 2.64. The second-order valence-corrected chi connectivity index (χ2v) is 5.12. The average molecular weight is 307 g/mol. The Morgan fingerprint density at radius 3 is 2.36 bits per heavy atom. The van der Waals surface area contributed by atoms with Gasteiger partial charge >= 0.3 is 0 Å². The number of nitro groups is 1. The third-order valence-corrected chi connectivity index (χ3v) is 2.64. The number of rotatable bonds is 8. The largest absolute Gasteiger partial charge is 0.491 e. The van der Waals surface area contributed by atoms with Crippen molar-refractivity contribution < 1.29 is 24.0 Å². The molecule has 0 heterocycles. The van der Waals surface area contributed by atoms with Crippen LogP contribution in [0.15, 0.2) is 18.2 Å². The summed E-state index contributed by atoms with van der Waals surface area (Å²) in [6, 6.07) is 3.81. The van der Waals surface area contributed by atoms with Crippen LogP contribution < -0.4 is 4.74 Å². The number of Topliss-reactive ketones (excluding diaryl/α,β-unsaturated/α-hetero) is 3. The van der Waals surface area contributed by atoms with Crippen LogP contribution in [0.5, 0.6) is 5.75 Å². The predicted molar refractivity (Wildman–Crippen MR) is 78.1 cm³/mol. The van der Waals surface area contributed by atoms with Gasteiger partial charge in [-0.25, -0.2) is 0 Å². The van der Waals surface area contributed by atoms with Crippen molar-refractivity contribution in [2.45, 2.75) is 39.7 Å². The quantitative estimate of drug-likeness (QED) is 0.316. The van der Waals surface area contributed by atoms with E-state index in [1.54, 1.807) is 13.8 Å². The van der Waals surface area contributed by atoms with Gasteiger partial charge in [0.1, 0.15) is 17.3 Å². The van der Waals surface area contributed by atoms with Gasteiger partial charge < -0.3 is 4.74 Å². The van der Waals surface area contributed by atoms with E-state index in [0.29, 0.717) is 5.75 Å². The lowest BCUT2D eigenvalue weighted by molar-refractivity contribution is -0.385. The topological polar surface area (TPSA) is 104 Å². The summed E-state index contributed by atoms with van der Waals surface area (Å²) in [6.07, 6.45) is -1.07. The molecule has 0 spiro atoms. The van der Waals surface area contributed by atoms with E-state index in [4.69, 9.17) is 4.74 Å². The van der Waals surface area contributed by atoms with Gasteiger partial charge in [-0.2, -0.15) is 0 Å². The highest BCUT2D eigenvalue weighted by atomic mass is 16.6. The fourth-order valence-corrected chi connectivity index (χ4v) is 1.86. The SMILES string of the molecule is CC(=O)CC(=O)CC(=O)c1cc(OC(C)C)ccc1[N+](=O)[O-]. The first-order valence-electron chi connectivity index (χ1n) is 6.70. The zero-order valence-electron chi connectivity index (χ0n) is 12.6. The highest BCUT2D eigenvalue weighted by molar-refractivity contribution is 6.13. The van der Waals surface area contributed by atoms with Crippen molar-refractivity contribution in [1.82, 2.24) is 0 Å². The van der Waals surface area contributed by atoms with E-state index < -0.39 is 28.6 Å². The van der Waals surface area contributed by atoms with E-state index in [1.807, 2.05) is 0 Å². The minimum absolute atomic E-state index is 0.163. The average Bonchev–Trinajstić information content (AvgIpc) is 2.36. The minimum atomic E-state index is -0.702. The molecule has 0 saturated heterocycles. The van der Waals surface area contributed by atoms with Crippen LogP contribution in [0.4, 0.5) is 5.69 Å². The highest BCUT2D eigenvalue weighted by Gasteiger charge is 2.23. The van der Waals surface area contributed by atoms with Crippen LogP contribution in [0.1, 0.15) is 44.0 Å². The van der Waals surface area contributed by atoms with Crippen molar-refractivity contribution in [3.8, 4) is 5.75 Å². The standard InChI is InChI=1S/C15H17NO6/c1-9(2)22-12-4-5-14(16(20)21)13(8-12)15(19)7-11(18)6-10(3)17/h4-5,8-9H,6-7H2,1-3H3. The first kappa shape index (κ1) is 17.5. The molecule has 7 nitrogen and oxygen atoms in total. The van der Waals surface area contributed by atoms with Gasteiger partial charge in [-0.05, 0) is 32.9 Å². The van der Waals surface area contributed by atoms with Crippen molar-refractivity contribution in [2.24, 2.45) is 0 Å². The first-order chi connectivity index (χ1) is 10.2. The summed E-state index contributed by atoms with van der Waals surface area (Å²) >= 11 is 0. The Kier molecular flexibility index (Phi) is 5.91. The molecule has 0 aromatic heterocycles. The molecule has 0 atom stereocenters. The zero-order chi connectivity index (χ0) is 16.9. The molecule has 0 aliphatic carbocycles. The van der Waals surface area contributed by atoms with Crippen molar-refractivity contribution in [3.05, 3.63) is 33.9 Å². The molecule has 1 rings (SSSR count). The summed E-state index contributed by atoms with van der Waals surface area (Å²) in [6.45, 7) is 4.79. The summed E-state index contributed by atoms with van der Waals surface area (Å²) in [5.41, 5.74) is -0.586. The van der Waals surface area contributed by atoms with Crippen LogP contribution in [-0.4, -0.2) is 28.4 Å². The molecular weight excluding hydrogens is 290 g/mol. The minimum Gasteiger partial charge on any atom is -0.491 e. The number of carbonyl (C=O) groups excluding carboxylic acids is 3.